The zero-order chi connectivity index (χ0) is 13.2. The van der Waals surface area contributed by atoms with Crippen LogP contribution in [0, 0.1) is 6.92 Å². The van der Waals surface area contributed by atoms with Crippen LogP contribution in [-0.2, 0) is 10.0 Å². The van der Waals surface area contributed by atoms with Crippen molar-refractivity contribution in [2.45, 2.75) is 11.8 Å². The van der Waals surface area contributed by atoms with Crippen molar-refractivity contribution in [1.82, 2.24) is 4.98 Å². The molecule has 0 amide bonds. The topological polar surface area (TPSA) is 85.1 Å². The molecule has 2 rings (SSSR count). The number of hydrogen-bond acceptors (Lipinski definition) is 4. The summed E-state index contributed by atoms with van der Waals surface area (Å²) >= 11 is 0. The van der Waals surface area contributed by atoms with Crippen molar-refractivity contribution in [3.63, 3.8) is 0 Å². The van der Waals surface area contributed by atoms with E-state index >= 15 is 0 Å². The van der Waals surface area contributed by atoms with Gasteiger partial charge in [0.25, 0.3) is 10.0 Å². The fraction of sp³-hybridized carbons (Fsp3) is 0.0833. The van der Waals surface area contributed by atoms with Crippen molar-refractivity contribution in [2.75, 3.05) is 10.5 Å². The molecule has 5 nitrogen and oxygen atoms in total. The van der Waals surface area contributed by atoms with Crippen LogP contribution in [-0.4, -0.2) is 13.4 Å². The van der Waals surface area contributed by atoms with Gasteiger partial charge in [0.1, 0.15) is 0 Å². The van der Waals surface area contributed by atoms with Crippen LogP contribution in [0.4, 0.5) is 11.4 Å². The molecule has 18 heavy (non-hydrogen) atoms. The Kier molecular flexibility index (Phi) is 3.20. The third-order valence-corrected chi connectivity index (χ3v) is 3.66. The zero-order valence-electron chi connectivity index (χ0n) is 9.79. The summed E-state index contributed by atoms with van der Waals surface area (Å²) in [7, 11) is -3.63. The molecule has 0 bridgehead atoms. The van der Waals surface area contributed by atoms with Crippen molar-refractivity contribution >= 4 is 21.4 Å². The zero-order valence-corrected chi connectivity index (χ0v) is 10.6. The van der Waals surface area contributed by atoms with E-state index < -0.39 is 10.0 Å². The van der Waals surface area contributed by atoms with Gasteiger partial charge in [0.15, 0.2) is 0 Å². The molecule has 0 aliphatic heterocycles. The monoisotopic (exact) mass is 263 g/mol. The first-order chi connectivity index (χ1) is 8.47. The minimum absolute atomic E-state index is 0.142. The maximum Gasteiger partial charge on any atom is 0.262 e. The largest absolute Gasteiger partial charge is 0.399 e. The van der Waals surface area contributed by atoms with Gasteiger partial charge in [-0.25, -0.2) is 8.42 Å². The minimum atomic E-state index is -3.63. The summed E-state index contributed by atoms with van der Waals surface area (Å²) < 4.78 is 26.7. The molecule has 1 heterocycles. The van der Waals surface area contributed by atoms with Crippen LogP contribution in [0.1, 0.15) is 5.56 Å². The lowest BCUT2D eigenvalue weighted by Crippen LogP contribution is -2.13. The number of pyridine rings is 1. The molecule has 2 aromatic rings. The summed E-state index contributed by atoms with van der Waals surface area (Å²) in [6.45, 7) is 1.79. The third kappa shape index (κ3) is 2.78. The van der Waals surface area contributed by atoms with Crippen molar-refractivity contribution in [1.29, 1.82) is 0 Å². The first-order valence-corrected chi connectivity index (χ1v) is 6.76. The van der Waals surface area contributed by atoms with E-state index in [1.165, 1.54) is 12.3 Å². The summed E-state index contributed by atoms with van der Waals surface area (Å²) in [5.41, 5.74) is 7.27. The fourth-order valence-electron chi connectivity index (χ4n) is 1.57. The van der Waals surface area contributed by atoms with E-state index in [9.17, 15) is 8.42 Å². The first kappa shape index (κ1) is 12.4. The van der Waals surface area contributed by atoms with Gasteiger partial charge in [0.2, 0.25) is 0 Å². The lowest BCUT2D eigenvalue weighted by molar-refractivity contribution is 0.601. The van der Waals surface area contributed by atoms with E-state index in [4.69, 9.17) is 5.73 Å². The van der Waals surface area contributed by atoms with E-state index in [1.807, 2.05) is 0 Å². The SMILES string of the molecule is Cc1cc(N)cc(S(=O)(=O)Nc2cccnc2)c1. The Bertz CT molecular complexity index is 634. The van der Waals surface area contributed by atoms with Gasteiger partial charge in [-0.15, -0.1) is 0 Å². The number of nitrogens with two attached hydrogens (primary N) is 1. The summed E-state index contributed by atoms with van der Waals surface area (Å²) in [4.78, 5) is 3.99. The van der Waals surface area contributed by atoms with E-state index in [-0.39, 0.29) is 4.90 Å². The number of hydrogen-bond donors (Lipinski definition) is 2. The second kappa shape index (κ2) is 4.66. The molecule has 0 aliphatic carbocycles. The smallest absolute Gasteiger partial charge is 0.262 e. The van der Waals surface area contributed by atoms with Crippen molar-refractivity contribution < 1.29 is 8.42 Å². The molecule has 0 unspecified atom stereocenters. The highest BCUT2D eigenvalue weighted by Gasteiger charge is 2.15. The summed E-state index contributed by atoms with van der Waals surface area (Å²) in [6.07, 6.45) is 3.01. The fourth-order valence-corrected chi connectivity index (χ4v) is 2.75. The lowest BCUT2D eigenvalue weighted by Gasteiger charge is -2.09. The number of nitrogens with one attached hydrogen (secondary N) is 1. The molecular weight excluding hydrogens is 250 g/mol. The van der Waals surface area contributed by atoms with E-state index in [0.29, 0.717) is 11.4 Å². The van der Waals surface area contributed by atoms with Crippen LogP contribution < -0.4 is 10.5 Å². The lowest BCUT2D eigenvalue weighted by atomic mass is 10.2. The van der Waals surface area contributed by atoms with Crippen LogP contribution in [0.5, 0.6) is 0 Å². The second-order valence-corrected chi connectivity index (χ2v) is 5.61. The molecule has 0 saturated carbocycles. The maximum atomic E-state index is 12.1. The standard InChI is InChI=1S/C12H13N3O2S/c1-9-5-10(13)7-12(6-9)18(16,17)15-11-3-2-4-14-8-11/h2-8,15H,13H2,1H3. The van der Waals surface area contributed by atoms with E-state index in [2.05, 4.69) is 9.71 Å². The number of sulfonamides is 1. The third-order valence-electron chi connectivity index (χ3n) is 2.30. The second-order valence-electron chi connectivity index (χ2n) is 3.93. The number of rotatable bonds is 3. The van der Waals surface area contributed by atoms with Gasteiger partial charge in [0, 0.05) is 11.9 Å². The van der Waals surface area contributed by atoms with Crippen LogP contribution in [0.25, 0.3) is 0 Å². The number of nitrogens with zero attached hydrogens (tertiary/aromatic N) is 1. The predicted octanol–water partition coefficient (Wildman–Crippen LogP) is 1.77. The Morgan fingerprint density at radius 1 is 1.28 bits per heavy atom. The Morgan fingerprint density at radius 2 is 2.06 bits per heavy atom. The van der Waals surface area contributed by atoms with Gasteiger partial charge in [-0.1, -0.05) is 0 Å². The summed E-state index contributed by atoms with van der Waals surface area (Å²) in [6, 6.07) is 7.98. The quantitative estimate of drug-likeness (QED) is 0.826. The molecule has 0 radical (unpaired) electrons. The molecule has 0 fully saturated rings. The van der Waals surface area contributed by atoms with Crippen molar-refractivity contribution in [3.05, 3.63) is 48.3 Å². The van der Waals surface area contributed by atoms with Gasteiger partial charge in [-0.05, 0) is 42.8 Å². The van der Waals surface area contributed by atoms with Crippen LogP contribution in [0.2, 0.25) is 0 Å². The Labute approximate surface area is 106 Å². The average Bonchev–Trinajstić information content (AvgIpc) is 2.28. The number of aromatic nitrogens is 1. The van der Waals surface area contributed by atoms with Gasteiger partial charge in [-0.2, -0.15) is 0 Å². The molecule has 6 heteroatoms. The number of nitrogen functional groups attached to an aromatic ring is 1. The highest BCUT2D eigenvalue weighted by atomic mass is 32.2. The van der Waals surface area contributed by atoms with Crippen molar-refractivity contribution in [3.8, 4) is 0 Å². The highest BCUT2D eigenvalue weighted by molar-refractivity contribution is 7.92. The summed E-state index contributed by atoms with van der Waals surface area (Å²) in [5, 5.41) is 0. The predicted molar refractivity (Wildman–Crippen MR) is 70.6 cm³/mol. The summed E-state index contributed by atoms with van der Waals surface area (Å²) in [5.74, 6) is 0. The van der Waals surface area contributed by atoms with Crippen LogP contribution in [0.15, 0.2) is 47.6 Å². The molecule has 0 saturated heterocycles. The Balaban J connectivity index is 2.37. The molecule has 1 aromatic carbocycles. The van der Waals surface area contributed by atoms with Crippen LogP contribution >= 0.6 is 0 Å². The maximum absolute atomic E-state index is 12.1. The average molecular weight is 263 g/mol. The number of aryl methyl sites for hydroxylation is 1. The molecule has 3 N–H and O–H groups in total. The normalized spacial score (nSPS) is 11.2. The van der Waals surface area contributed by atoms with Gasteiger partial charge in [-0.3, -0.25) is 9.71 Å². The molecular formula is C12H13N3O2S. The molecule has 94 valence electrons. The molecule has 0 atom stereocenters. The van der Waals surface area contributed by atoms with Crippen molar-refractivity contribution in [2.24, 2.45) is 0 Å². The molecule has 0 spiro atoms. The molecule has 1 aromatic heterocycles. The van der Waals surface area contributed by atoms with E-state index in [1.54, 1.807) is 37.4 Å². The van der Waals surface area contributed by atoms with Crippen LogP contribution in [0.3, 0.4) is 0 Å². The number of anilines is 2. The van der Waals surface area contributed by atoms with Gasteiger partial charge >= 0.3 is 0 Å². The highest BCUT2D eigenvalue weighted by Crippen LogP contribution is 2.19. The van der Waals surface area contributed by atoms with Gasteiger partial charge in [0.05, 0.1) is 16.8 Å². The Morgan fingerprint density at radius 3 is 2.67 bits per heavy atom. The van der Waals surface area contributed by atoms with E-state index in [0.717, 1.165) is 5.56 Å². The number of benzene rings is 1. The Hall–Kier alpha value is -2.08. The van der Waals surface area contributed by atoms with Gasteiger partial charge < -0.3 is 5.73 Å². The minimum Gasteiger partial charge on any atom is -0.399 e. The first-order valence-electron chi connectivity index (χ1n) is 5.27. The molecule has 0 aliphatic rings.